The summed E-state index contributed by atoms with van der Waals surface area (Å²) in [5.41, 5.74) is 6.26. The van der Waals surface area contributed by atoms with Gasteiger partial charge in [0.05, 0.1) is 19.0 Å². The molecule has 0 radical (unpaired) electrons. The van der Waals surface area contributed by atoms with Crippen LogP contribution >= 0.6 is 11.6 Å². The van der Waals surface area contributed by atoms with Crippen LogP contribution in [0.1, 0.15) is 12.0 Å². The summed E-state index contributed by atoms with van der Waals surface area (Å²) in [6, 6.07) is 6.42. The highest BCUT2D eigenvalue weighted by Gasteiger charge is 2.36. The lowest BCUT2D eigenvalue weighted by atomic mass is 10.2. The number of rotatable bonds is 2. The predicted octanol–water partition coefficient (Wildman–Crippen LogP) is 0.926. The Morgan fingerprint density at radius 3 is 2.62 bits per heavy atom. The van der Waals surface area contributed by atoms with Gasteiger partial charge in [-0.2, -0.15) is 0 Å². The van der Waals surface area contributed by atoms with Crippen LogP contribution in [0.3, 0.4) is 0 Å². The number of hydrogen-bond acceptors (Lipinski definition) is 3. The van der Waals surface area contributed by atoms with Crippen molar-refractivity contribution in [2.75, 3.05) is 0 Å². The van der Waals surface area contributed by atoms with Crippen LogP contribution in [-0.4, -0.2) is 22.8 Å². The van der Waals surface area contributed by atoms with Gasteiger partial charge < -0.3 is 5.73 Å². The van der Waals surface area contributed by atoms with Crippen molar-refractivity contribution in [3.8, 4) is 0 Å². The molecule has 16 heavy (non-hydrogen) atoms. The Bertz CT molecular complexity index is 447. The molecule has 1 aromatic rings. The zero-order valence-corrected chi connectivity index (χ0v) is 9.28. The zero-order valence-electron chi connectivity index (χ0n) is 8.52. The quantitative estimate of drug-likeness (QED) is 0.780. The highest BCUT2D eigenvalue weighted by Crippen LogP contribution is 2.20. The molecule has 1 aliphatic rings. The van der Waals surface area contributed by atoms with Crippen LogP contribution in [0, 0.1) is 0 Å². The van der Waals surface area contributed by atoms with Crippen LogP contribution in [0.5, 0.6) is 0 Å². The summed E-state index contributed by atoms with van der Waals surface area (Å²) in [6.07, 6.45) is 0.0866. The lowest BCUT2D eigenvalue weighted by Crippen LogP contribution is -2.34. The molecule has 0 unspecified atom stereocenters. The van der Waals surface area contributed by atoms with Gasteiger partial charge in [-0.05, 0) is 11.6 Å². The first-order chi connectivity index (χ1) is 7.59. The Hall–Kier alpha value is -1.39. The Kier molecular flexibility index (Phi) is 2.94. The number of amides is 2. The molecule has 1 aromatic carbocycles. The van der Waals surface area contributed by atoms with Gasteiger partial charge in [0, 0.05) is 5.02 Å². The molecule has 0 aliphatic carbocycles. The van der Waals surface area contributed by atoms with Gasteiger partial charge in [-0.15, -0.1) is 0 Å². The lowest BCUT2D eigenvalue weighted by Gasteiger charge is -2.14. The van der Waals surface area contributed by atoms with Crippen molar-refractivity contribution >= 4 is 23.4 Å². The van der Waals surface area contributed by atoms with Gasteiger partial charge in [0.2, 0.25) is 11.8 Å². The molecular weight excluding hydrogens is 228 g/mol. The smallest absolute Gasteiger partial charge is 0.246 e. The third-order valence-electron chi connectivity index (χ3n) is 2.57. The molecule has 0 aromatic heterocycles. The second kappa shape index (κ2) is 4.23. The number of imide groups is 1. The van der Waals surface area contributed by atoms with E-state index in [1.165, 1.54) is 0 Å². The molecule has 1 saturated heterocycles. The Balaban J connectivity index is 2.20. The molecule has 84 valence electrons. The number of carbonyl (C=O) groups is 2. The summed E-state index contributed by atoms with van der Waals surface area (Å²) < 4.78 is 0. The maximum atomic E-state index is 11.6. The van der Waals surface area contributed by atoms with Crippen LogP contribution in [0.25, 0.3) is 0 Å². The fraction of sp³-hybridized carbons (Fsp3) is 0.273. The third-order valence-corrected chi connectivity index (χ3v) is 2.93. The molecule has 0 bridgehead atoms. The average molecular weight is 239 g/mol. The van der Waals surface area contributed by atoms with E-state index in [2.05, 4.69) is 0 Å². The first-order valence-electron chi connectivity index (χ1n) is 4.93. The minimum absolute atomic E-state index is 0.0866. The molecule has 0 spiro atoms. The lowest BCUT2D eigenvalue weighted by molar-refractivity contribution is -0.139. The van der Waals surface area contributed by atoms with Crippen LogP contribution in [0.2, 0.25) is 5.02 Å². The molecule has 1 heterocycles. The van der Waals surface area contributed by atoms with E-state index in [4.69, 9.17) is 17.3 Å². The van der Waals surface area contributed by atoms with Crippen LogP contribution in [0.4, 0.5) is 0 Å². The Morgan fingerprint density at radius 1 is 1.38 bits per heavy atom. The van der Waals surface area contributed by atoms with Crippen molar-refractivity contribution in [2.45, 2.75) is 19.0 Å². The maximum absolute atomic E-state index is 11.6. The van der Waals surface area contributed by atoms with Crippen LogP contribution < -0.4 is 5.73 Å². The number of hydrogen-bond donors (Lipinski definition) is 1. The summed E-state index contributed by atoms with van der Waals surface area (Å²) >= 11 is 5.95. The number of carbonyl (C=O) groups excluding carboxylic acids is 2. The molecule has 0 saturated carbocycles. The highest BCUT2D eigenvalue weighted by atomic mass is 35.5. The van der Waals surface area contributed by atoms with Gasteiger partial charge in [-0.25, -0.2) is 0 Å². The van der Waals surface area contributed by atoms with Gasteiger partial charge in [0.1, 0.15) is 0 Å². The van der Waals surface area contributed by atoms with Crippen molar-refractivity contribution in [3.05, 3.63) is 34.9 Å². The molecule has 1 fully saturated rings. The maximum Gasteiger partial charge on any atom is 0.246 e. The van der Waals surface area contributed by atoms with Gasteiger partial charge in [-0.1, -0.05) is 29.8 Å². The van der Waals surface area contributed by atoms with Crippen LogP contribution in [-0.2, 0) is 16.1 Å². The molecule has 5 heteroatoms. The van der Waals surface area contributed by atoms with E-state index in [0.717, 1.165) is 10.5 Å². The normalized spacial score (nSPS) is 20.6. The van der Waals surface area contributed by atoms with E-state index in [1.54, 1.807) is 18.2 Å². The highest BCUT2D eigenvalue weighted by molar-refractivity contribution is 6.31. The minimum Gasteiger partial charge on any atom is -0.319 e. The third kappa shape index (κ3) is 1.94. The van der Waals surface area contributed by atoms with E-state index < -0.39 is 6.04 Å². The second-order valence-electron chi connectivity index (χ2n) is 3.72. The summed E-state index contributed by atoms with van der Waals surface area (Å²) in [7, 11) is 0. The molecule has 2 rings (SSSR count). The van der Waals surface area contributed by atoms with E-state index in [-0.39, 0.29) is 24.8 Å². The van der Waals surface area contributed by atoms with Crippen molar-refractivity contribution in [3.63, 3.8) is 0 Å². The number of nitrogens with zero attached hydrogens (tertiary/aromatic N) is 1. The van der Waals surface area contributed by atoms with Gasteiger partial charge in [0.15, 0.2) is 0 Å². The molecule has 2 N–H and O–H groups in total. The summed E-state index contributed by atoms with van der Waals surface area (Å²) in [4.78, 5) is 24.2. The van der Waals surface area contributed by atoms with Crippen molar-refractivity contribution in [1.29, 1.82) is 0 Å². The summed E-state index contributed by atoms with van der Waals surface area (Å²) in [6.45, 7) is 0.199. The molecular formula is C11H11ClN2O2. The summed E-state index contributed by atoms with van der Waals surface area (Å²) in [5, 5.41) is 0.545. The zero-order chi connectivity index (χ0) is 11.7. The summed E-state index contributed by atoms with van der Waals surface area (Å²) in [5.74, 6) is -0.567. The number of nitrogens with two attached hydrogens (primary N) is 1. The largest absolute Gasteiger partial charge is 0.319 e. The van der Waals surface area contributed by atoms with E-state index in [0.29, 0.717) is 5.02 Å². The predicted molar refractivity (Wildman–Crippen MR) is 59.6 cm³/mol. The fourth-order valence-corrected chi connectivity index (χ4v) is 1.87. The monoisotopic (exact) mass is 238 g/mol. The van der Waals surface area contributed by atoms with E-state index in [1.807, 2.05) is 6.07 Å². The molecule has 4 nitrogen and oxygen atoms in total. The number of benzene rings is 1. The topological polar surface area (TPSA) is 63.4 Å². The van der Waals surface area contributed by atoms with Crippen molar-refractivity contribution in [1.82, 2.24) is 4.90 Å². The standard InChI is InChI=1S/C11H11ClN2O2/c12-8-4-2-1-3-7(8)6-14-10(15)5-9(13)11(14)16/h1-4,9H,5-6,13H2/t9-/m1/s1. The van der Waals surface area contributed by atoms with E-state index >= 15 is 0 Å². The Morgan fingerprint density at radius 2 is 2.06 bits per heavy atom. The minimum atomic E-state index is -0.699. The van der Waals surface area contributed by atoms with E-state index in [9.17, 15) is 9.59 Å². The average Bonchev–Trinajstić information content (AvgIpc) is 2.48. The number of likely N-dealkylation sites (tertiary alicyclic amines) is 1. The van der Waals surface area contributed by atoms with Gasteiger partial charge in [-0.3, -0.25) is 14.5 Å². The first kappa shape index (κ1) is 11.1. The van der Waals surface area contributed by atoms with Crippen LogP contribution in [0.15, 0.2) is 24.3 Å². The van der Waals surface area contributed by atoms with Crippen molar-refractivity contribution < 1.29 is 9.59 Å². The number of halogens is 1. The Labute approximate surface area is 98.0 Å². The van der Waals surface area contributed by atoms with Crippen molar-refractivity contribution in [2.24, 2.45) is 5.73 Å². The molecule has 1 aliphatic heterocycles. The first-order valence-corrected chi connectivity index (χ1v) is 5.30. The molecule has 2 amide bonds. The van der Waals surface area contributed by atoms with Gasteiger partial charge in [0.25, 0.3) is 0 Å². The molecule has 1 atom stereocenters. The second-order valence-corrected chi connectivity index (χ2v) is 4.13. The SMILES string of the molecule is N[C@@H]1CC(=O)N(Cc2ccccc2Cl)C1=O. The fourth-order valence-electron chi connectivity index (χ4n) is 1.67. The van der Waals surface area contributed by atoms with Gasteiger partial charge >= 0.3 is 0 Å².